The first-order valence-electron chi connectivity index (χ1n) is 10.8. The average molecular weight is 438 g/mol. The highest BCUT2D eigenvalue weighted by atomic mass is 16.6. The van der Waals surface area contributed by atoms with Gasteiger partial charge in [-0.15, -0.1) is 0 Å². The van der Waals surface area contributed by atoms with Gasteiger partial charge in [0.25, 0.3) is 0 Å². The molecule has 1 aliphatic carbocycles. The molecule has 1 aromatic carbocycles. The summed E-state index contributed by atoms with van der Waals surface area (Å²) >= 11 is 0. The maximum atomic E-state index is 12.5. The van der Waals surface area contributed by atoms with E-state index in [9.17, 15) is 4.79 Å². The van der Waals surface area contributed by atoms with E-state index in [0.29, 0.717) is 65.9 Å². The van der Waals surface area contributed by atoms with Crippen LogP contribution in [0.15, 0.2) is 30.5 Å². The lowest BCUT2D eigenvalue weighted by Gasteiger charge is -2.33. The van der Waals surface area contributed by atoms with Crippen LogP contribution in [0.5, 0.6) is 11.5 Å². The Morgan fingerprint density at radius 2 is 2.06 bits per heavy atom. The second-order valence-electron chi connectivity index (χ2n) is 8.16. The van der Waals surface area contributed by atoms with Crippen molar-refractivity contribution in [1.29, 1.82) is 0 Å². The Bertz CT molecular complexity index is 1140. The molecule has 0 unspecified atom stereocenters. The Morgan fingerprint density at radius 1 is 1.22 bits per heavy atom. The van der Waals surface area contributed by atoms with Crippen LogP contribution in [0.3, 0.4) is 0 Å². The third-order valence-corrected chi connectivity index (χ3v) is 5.90. The standard InChI is InChI=1S/C22H26N6O4/c1-23-19-10-18(25-15-3-2-4-17-21(15)32-6-5-31-17)27-22-16(11-24-28(19)22)26-20(30)9-13-7-14(8-13)12-29/h2-4,10-11,13-14,23,29H,5-9,12H2,1H3,(H,25,27)(H,26,30). The third-order valence-electron chi connectivity index (χ3n) is 5.90. The number of fused-ring (bicyclic) bond motifs is 2. The van der Waals surface area contributed by atoms with Gasteiger partial charge in [0.1, 0.15) is 30.5 Å². The summed E-state index contributed by atoms with van der Waals surface area (Å²) in [6.07, 6.45) is 3.81. The van der Waals surface area contributed by atoms with E-state index in [1.807, 2.05) is 24.3 Å². The predicted octanol–water partition coefficient (Wildman–Crippen LogP) is 2.63. The Hall–Kier alpha value is -3.53. The first kappa shape index (κ1) is 20.4. The van der Waals surface area contributed by atoms with Crippen molar-refractivity contribution in [2.24, 2.45) is 11.8 Å². The minimum atomic E-state index is -0.0739. The number of nitrogens with one attached hydrogen (secondary N) is 3. The molecular formula is C22H26N6O4. The second kappa shape index (κ2) is 8.54. The van der Waals surface area contributed by atoms with Crippen LogP contribution in [0.2, 0.25) is 0 Å². The molecule has 2 aliphatic rings. The van der Waals surface area contributed by atoms with Gasteiger partial charge < -0.3 is 30.5 Å². The van der Waals surface area contributed by atoms with Crippen LogP contribution in [0.25, 0.3) is 5.65 Å². The molecule has 2 aromatic heterocycles. The van der Waals surface area contributed by atoms with E-state index < -0.39 is 0 Å². The molecule has 10 nitrogen and oxygen atoms in total. The summed E-state index contributed by atoms with van der Waals surface area (Å²) in [6.45, 7) is 1.20. The SMILES string of the molecule is CNc1cc(Nc2cccc3c2OCCO3)nc2c(NC(=O)CC3CC(CO)C3)cnn12. The molecular weight excluding hydrogens is 412 g/mol. The predicted molar refractivity (Wildman–Crippen MR) is 120 cm³/mol. The molecule has 1 fully saturated rings. The number of hydrogen-bond acceptors (Lipinski definition) is 8. The van der Waals surface area contributed by atoms with Crippen molar-refractivity contribution < 1.29 is 19.4 Å². The molecule has 1 amide bonds. The van der Waals surface area contributed by atoms with Crippen LogP contribution < -0.4 is 25.4 Å². The van der Waals surface area contributed by atoms with Crippen LogP contribution in [0.1, 0.15) is 19.3 Å². The Kier molecular flexibility index (Phi) is 5.44. The van der Waals surface area contributed by atoms with Gasteiger partial charge in [-0.1, -0.05) is 6.07 Å². The molecule has 0 atom stereocenters. The Morgan fingerprint density at radius 3 is 2.88 bits per heavy atom. The van der Waals surface area contributed by atoms with Gasteiger partial charge >= 0.3 is 0 Å². The number of rotatable bonds is 7. The zero-order valence-electron chi connectivity index (χ0n) is 17.8. The van der Waals surface area contributed by atoms with Crippen molar-refractivity contribution >= 4 is 34.6 Å². The Labute approximate surface area is 184 Å². The van der Waals surface area contributed by atoms with E-state index in [4.69, 9.17) is 14.6 Å². The average Bonchev–Trinajstić information content (AvgIpc) is 3.18. The lowest BCUT2D eigenvalue weighted by Crippen LogP contribution is -2.30. The fraction of sp³-hybridized carbons (Fsp3) is 0.409. The largest absolute Gasteiger partial charge is 0.486 e. The summed E-state index contributed by atoms with van der Waals surface area (Å²) in [5.41, 5.74) is 1.81. The van der Waals surface area contributed by atoms with E-state index in [1.165, 1.54) is 0 Å². The van der Waals surface area contributed by atoms with Gasteiger partial charge in [0.05, 0.1) is 11.9 Å². The maximum Gasteiger partial charge on any atom is 0.224 e. The number of aromatic nitrogens is 3. The molecule has 0 radical (unpaired) electrons. The van der Waals surface area contributed by atoms with Gasteiger partial charge in [0.15, 0.2) is 17.1 Å². The first-order chi connectivity index (χ1) is 15.6. The van der Waals surface area contributed by atoms with Crippen LogP contribution in [-0.4, -0.2) is 52.5 Å². The lowest BCUT2D eigenvalue weighted by atomic mass is 9.73. The van der Waals surface area contributed by atoms with Crippen molar-refractivity contribution in [1.82, 2.24) is 14.6 Å². The number of aliphatic hydroxyl groups is 1. The molecule has 1 aliphatic heterocycles. The highest BCUT2D eigenvalue weighted by molar-refractivity contribution is 5.94. The number of ether oxygens (including phenoxy) is 2. The molecule has 168 valence electrons. The van der Waals surface area contributed by atoms with Crippen molar-refractivity contribution in [2.45, 2.75) is 19.3 Å². The highest BCUT2D eigenvalue weighted by Crippen LogP contribution is 2.39. The fourth-order valence-electron chi connectivity index (χ4n) is 4.26. The van der Waals surface area contributed by atoms with Crippen LogP contribution in [-0.2, 0) is 4.79 Å². The monoisotopic (exact) mass is 438 g/mol. The van der Waals surface area contributed by atoms with Gasteiger partial charge in [0, 0.05) is 26.1 Å². The van der Waals surface area contributed by atoms with Crippen molar-refractivity contribution in [2.75, 3.05) is 42.8 Å². The summed E-state index contributed by atoms with van der Waals surface area (Å²) in [5, 5.41) is 22.9. The third kappa shape index (κ3) is 3.89. The smallest absolute Gasteiger partial charge is 0.224 e. The van der Waals surface area contributed by atoms with Gasteiger partial charge in [-0.25, -0.2) is 4.98 Å². The van der Waals surface area contributed by atoms with Gasteiger partial charge in [-0.3, -0.25) is 4.79 Å². The quantitative estimate of drug-likeness (QED) is 0.444. The summed E-state index contributed by atoms with van der Waals surface area (Å²) in [6, 6.07) is 7.48. The zero-order valence-corrected chi connectivity index (χ0v) is 17.8. The Balaban J connectivity index is 1.39. The molecule has 10 heteroatoms. The van der Waals surface area contributed by atoms with Crippen molar-refractivity contribution in [3.05, 3.63) is 30.5 Å². The molecule has 5 rings (SSSR count). The molecule has 4 N–H and O–H groups in total. The summed E-state index contributed by atoms with van der Waals surface area (Å²) in [5.74, 6) is 3.20. The highest BCUT2D eigenvalue weighted by Gasteiger charge is 2.30. The van der Waals surface area contributed by atoms with E-state index >= 15 is 0 Å². The van der Waals surface area contributed by atoms with Crippen LogP contribution in [0, 0.1) is 11.8 Å². The number of benzene rings is 1. The molecule has 32 heavy (non-hydrogen) atoms. The number of carbonyl (C=O) groups is 1. The van der Waals surface area contributed by atoms with E-state index in [0.717, 1.165) is 18.5 Å². The minimum absolute atomic E-state index is 0.0739. The van der Waals surface area contributed by atoms with Crippen LogP contribution in [0.4, 0.5) is 23.0 Å². The summed E-state index contributed by atoms with van der Waals surface area (Å²) in [4.78, 5) is 17.2. The van der Waals surface area contributed by atoms with Gasteiger partial charge in [-0.05, 0) is 36.8 Å². The molecule has 3 aromatic rings. The maximum absolute atomic E-state index is 12.5. The number of anilines is 4. The van der Waals surface area contributed by atoms with E-state index in [2.05, 4.69) is 26.0 Å². The fourth-order valence-corrected chi connectivity index (χ4v) is 4.26. The minimum Gasteiger partial charge on any atom is -0.486 e. The number of amides is 1. The normalized spacial score (nSPS) is 19.3. The molecule has 0 spiro atoms. The molecule has 0 saturated heterocycles. The number of carbonyl (C=O) groups excluding carboxylic acids is 1. The van der Waals surface area contributed by atoms with E-state index in [1.54, 1.807) is 17.8 Å². The summed E-state index contributed by atoms with van der Waals surface area (Å²) in [7, 11) is 1.80. The lowest BCUT2D eigenvalue weighted by molar-refractivity contribution is -0.118. The number of hydrogen-bond donors (Lipinski definition) is 4. The van der Waals surface area contributed by atoms with Crippen molar-refractivity contribution in [3.63, 3.8) is 0 Å². The number of nitrogens with zero attached hydrogens (tertiary/aromatic N) is 3. The van der Waals surface area contributed by atoms with Gasteiger partial charge in [-0.2, -0.15) is 9.61 Å². The molecule has 0 bridgehead atoms. The zero-order chi connectivity index (χ0) is 22.1. The topological polar surface area (TPSA) is 122 Å². The number of para-hydroxylation sites is 1. The number of aliphatic hydroxyl groups excluding tert-OH is 1. The summed E-state index contributed by atoms with van der Waals surface area (Å²) < 4.78 is 13.1. The second-order valence-corrected chi connectivity index (χ2v) is 8.16. The molecule has 1 saturated carbocycles. The van der Waals surface area contributed by atoms with Crippen molar-refractivity contribution in [3.8, 4) is 11.5 Å². The van der Waals surface area contributed by atoms with Gasteiger partial charge in [0.2, 0.25) is 5.91 Å². The molecule has 3 heterocycles. The van der Waals surface area contributed by atoms with E-state index in [-0.39, 0.29) is 12.5 Å². The first-order valence-corrected chi connectivity index (χ1v) is 10.8. The van der Waals surface area contributed by atoms with Crippen LogP contribution >= 0.6 is 0 Å².